The lowest BCUT2D eigenvalue weighted by atomic mass is 9.84. The molecule has 0 saturated heterocycles. The van der Waals surface area contributed by atoms with Crippen molar-refractivity contribution in [3.8, 4) is 0 Å². The summed E-state index contributed by atoms with van der Waals surface area (Å²) in [6.07, 6.45) is 6.29. The van der Waals surface area contributed by atoms with E-state index in [1.165, 1.54) is 19.3 Å². The van der Waals surface area contributed by atoms with Crippen molar-refractivity contribution in [2.45, 2.75) is 30.4 Å². The van der Waals surface area contributed by atoms with E-state index < -0.39 is 0 Å². The molecule has 1 aliphatic rings. The summed E-state index contributed by atoms with van der Waals surface area (Å²) in [7, 11) is 0. The van der Waals surface area contributed by atoms with E-state index in [-0.39, 0.29) is 5.91 Å². The maximum atomic E-state index is 11.8. The average molecular weight is 264 g/mol. The van der Waals surface area contributed by atoms with Gasteiger partial charge in [-0.3, -0.25) is 4.79 Å². The van der Waals surface area contributed by atoms with Gasteiger partial charge in [0.2, 0.25) is 5.91 Å². The minimum Gasteiger partial charge on any atom is -0.399 e. The first-order chi connectivity index (χ1) is 8.63. The van der Waals surface area contributed by atoms with E-state index in [2.05, 4.69) is 11.6 Å². The van der Waals surface area contributed by atoms with Crippen molar-refractivity contribution < 1.29 is 4.79 Å². The molecule has 98 valence electrons. The number of thioether (sulfide) groups is 1. The van der Waals surface area contributed by atoms with E-state index in [1.54, 1.807) is 0 Å². The van der Waals surface area contributed by atoms with Gasteiger partial charge in [0.15, 0.2) is 0 Å². The van der Waals surface area contributed by atoms with Crippen LogP contribution in [-0.4, -0.2) is 23.5 Å². The van der Waals surface area contributed by atoms with Crippen LogP contribution in [-0.2, 0) is 11.2 Å². The Bertz CT molecular complexity index is 407. The standard InChI is InChI=1S/C14H20N2OS/c1-18-14(7-2-8-14)10-16-13(17)9-11-3-5-12(15)6-4-11/h3-6H,2,7-10,15H2,1H3,(H,16,17). The number of nitrogen functional groups attached to an aromatic ring is 1. The SMILES string of the molecule is CSC1(CNC(=O)Cc2ccc(N)cc2)CCC1. The second kappa shape index (κ2) is 5.65. The molecule has 0 unspecified atom stereocenters. The number of rotatable bonds is 5. The lowest BCUT2D eigenvalue weighted by Crippen LogP contribution is -2.45. The highest BCUT2D eigenvalue weighted by atomic mass is 32.2. The van der Waals surface area contributed by atoms with Gasteiger partial charge in [0.25, 0.3) is 0 Å². The summed E-state index contributed by atoms with van der Waals surface area (Å²) in [5.74, 6) is 0.0973. The Morgan fingerprint density at radius 3 is 2.56 bits per heavy atom. The van der Waals surface area contributed by atoms with Gasteiger partial charge >= 0.3 is 0 Å². The molecule has 1 aromatic rings. The zero-order chi connectivity index (χ0) is 13.0. The Balaban J connectivity index is 1.80. The summed E-state index contributed by atoms with van der Waals surface area (Å²) < 4.78 is 0.302. The molecule has 18 heavy (non-hydrogen) atoms. The summed E-state index contributed by atoms with van der Waals surface area (Å²) in [6.45, 7) is 0.794. The number of hydrogen-bond acceptors (Lipinski definition) is 3. The van der Waals surface area contributed by atoms with E-state index in [1.807, 2.05) is 36.0 Å². The van der Waals surface area contributed by atoms with Crippen LogP contribution >= 0.6 is 11.8 Å². The van der Waals surface area contributed by atoms with Crippen LogP contribution in [0.1, 0.15) is 24.8 Å². The summed E-state index contributed by atoms with van der Waals surface area (Å²) >= 11 is 1.88. The topological polar surface area (TPSA) is 55.1 Å². The van der Waals surface area contributed by atoms with Gasteiger partial charge in [0, 0.05) is 17.0 Å². The monoisotopic (exact) mass is 264 g/mol. The molecule has 0 spiro atoms. The first-order valence-electron chi connectivity index (χ1n) is 6.30. The number of nitrogens with two attached hydrogens (primary N) is 1. The fourth-order valence-electron chi connectivity index (χ4n) is 2.17. The fourth-order valence-corrected chi connectivity index (χ4v) is 3.08. The van der Waals surface area contributed by atoms with Gasteiger partial charge < -0.3 is 11.1 Å². The molecule has 1 aromatic carbocycles. The van der Waals surface area contributed by atoms with E-state index in [0.29, 0.717) is 11.2 Å². The lowest BCUT2D eigenvalue weighted by molar-refractivity contribution is -0.120. The molecule has 4 heteroatoms. The number of amides is 1. The van der Waals surface area contributed by atoms with Crippen LogP contribution < -0.4 is 11.1 Å². The Morgan fingerprint density at radius 2 is 2.06 bits per heavy atom. The molecule has 1 amide bonds. The van der Waals surface area contributed by atoms with E-state index in [9.17, 15) is 4.79 Å². The smallest absolute Gasteiger partial charge is 0.224 e. The number of anilines is 1. The number of benzene rings is 1. The molecule has 0 aromatic heterocycles. The van der Waals surface area contributed by atoms with Gasteiger partial charge in [-0.2, -0.15) is 11.8 Å². The Kier molecular flexibility index (Phi) is 4.17. The summed E-state index contributed by atoms with van der Waals surface area (Å²) in [5.41, 5.74) is 7.35. The van der Waals surface area contributed by atoms with Crippen molar-refractivity contribution in [1.82, 2.24) is 5.32 Å². The minimum atomic E-state index is 0.0973. The molecular formula is C14H20N2OS. The largest absolute Gasteiger partial charge is 0.399 e. The molecule has 3 N–H and O–H groups in total. The third-order valence-electron chi connectivity index (χ3n) is 3.65. The van der Waals surface area contributed by atoms with Crippen LogP contribution in [0.15, 0.2) is 24.3 Å². The molecule has 3 nitrogen and oxygen atoms in total. The normalized spacial score (nSPS) is 16.9. The zero-order valence-electron chi connectivity index (χ0n) is 10.7. The summed E-state index contributed by atoms with van der Waals surface area (Å²) in [6, 6.07) is 7.47. The Morgan fingerprint density at radius 1 is 1.39 bits per heavy atom. The van der Waals surface area contributed by atoms with E-state index in [4.69, 9.17) is 5.73 Å². The molecule has 1 fully saturated rings. The highest BCUT2D eigenvalue weighted by molar-refractivity contribution is 8.00. The maximum Gasteiger partial charge on any atom is 0.224 e. The van der Waals surface area contributed by atoms with Gasteiger partial charge in [0.05, 0.1) is 6.42 Å². The molecule has 0 atom stereocenters. The molecule has 1 aliphatic carbocycles. The van der Waals surface area contributed by atoms with Crippen molar-refractivity contribution >= 4 is 23.4 Å². The van der Waals surface area contributed by atoms with E-state index >= 15 is 0 Å². The summed E-state index contributed by atoms with van der Waals surface area (Å²) in [5, 5.41) is 3.05. The van der Waals surface area contributed by atoms with Gasteiger partial charge in [-0.15, -0.1) is 0 Å². The molecular weight excluding hydrogens is 244 g/mol. The second-order valence-corrected chi connectivity index (χ2v) is 6.21. The Labute approximate surface area is 113 Å². The van der Waals surface area contributed by atoms with Crippen LogP contribution in [0, 0.1) is 0 Å². The van der Waals surface area contributed by atoms with Crippen molar-refractivity contribution in [2.24, 2.45) is 0 Å². The lowest BCUT2D eigenvalue weighted by Gasteiger charge is -2.40. The average Bonchev–Trinajstić information content (AvgIpc) is 2.31. The van der Waals surface area contributed by atoms with Crippen LogP contribution in [0.3, 0.4) is 0 Å². The molecule has 1 saturated carbocycles. The third-order valence-corrected chi connectivity index (χ3v) is 5.07. The van der Waals surface area contributed by atoms with Crippen molar-refractivity contribution in [3.05, 3.63) is 29.8 Å². The molecule has 2 rings (SSSR count). The first-order valence-corrected chi connectivity index (χ1v) is 7.52. The zero-order valence-corrected chi connectivity index (χ0v) is 11.6. The number of carbonyl (C=O) groups excluding carboxylic acids is 1. The predicted molar refractivity (Wildman–Crippen MR) is 77.7 cm³/mol. The third kappa shape index (κ3) is 3.19. The van der Waals surface area contributed by atoms with Gasteiger partial charge in [-0.1, -0.05) is 18.6 Å². The van der Waals surface area contributed by atoms with Crippen LogP contribution in [0.2, 0.25) is 0 Å². The van der Waals surface area contributed by atoms with Crippen LogP contribution in [0.4, 0.5) is 5.69 Å². The number of nitrogens with one attached hydrogen (secondary N) is 1. The molecule has 0 radical (unpaired) electrons. The Hall–Kier alpha value is -1.16. The van der Waals surface area contributed by atoms with Crippen molar-refractivity contribution in [2.75, 3.05) is 18.5 Å². The minimum absolute atomic E-state index is 0.0973. The van der Waals surface area contributed by atoms with Crippen LogP contribution in [0.5, 0.6) is 0 Å². The fraction of sp³-hybridized carbons (Fsp3) is 0.500. The summed E-state index contributed by atoms with van der Waals surface area (Å²) in [4.78, 5) is 11.8. The maximum absolute atomic E-state index is 11.8. The van der Waals surface area contributed by atoms with Gasteiger partial charge in [-0.25, -0.2) is 0 Å². The van der Waals surface area contributed by atoms with Gasteiger partial charge in [-0.05, 0) is 36.8 Å². The van der Waals surface area contributed by atoms with E-state index in [0.717, 1.165) is 17.8 Å². The second-order valence-electron chi connectivity index (χ2n) is 4.94. The van der Waals surface area contributed by atoms with Crippen molar-refractivity contribution in [3.63, 3.8) is 0 Å². The van der Waals surface area contributed by atoms with Crippen molar-refractivity contribution in [1.29, 1.82) is 0 Å². The predicted octanol–water partition coefficient (Wildman–Crippen LogP) is 2.21. The number of carbonyl (C=O) groups is 1. The van der Waals surface area contributed by atoms with Crippen LogP contribution in [0.25, 0.3) is 0 Å². The molecule has 0 heterocycles. The van der Waals surface area contributed by atoms with Gasteiger partial charge in [0.1, 0.15) is 0 Å². The molecule has 0 bridgehead atoms. The molecule has 0 aliphatic heterocycles. The highest BCUT2D eigenvalue weighted by Crippen LogP contribution is 2.42. The highest BCUT2D eigenvalue weighted by Gasteiger charge is 2.36. The quantitative estimate of drug-likeness (QED) is 0.802. The first kappa shape index (κ1) is 13.3. The number of hydrogen-bond donors (Lipinski definition) is 2.